The first-order valence-electron chi connectivity index (χ1n) is 9.44. The number of carbonyl (C=O) groups excluding carboxylic acids is 3. The number of primary amides is 1. The van der Waals surface area contributed by atoms with Crippen LogP contribution in [0.1, 0.15) is 34.2 Å². The number of nitrogens with two attached hydrogens (primary N) is 1. The molecular formula is C22H22N4O4S. The fraction of sp³-hybridized carbons (Fsp3) is 0.182. The number of thiazole rings is 1. The monoisotopic (exact) mass is 438 g/mol. The van der Waals surface area contributed by atoms with E-state index < -0.39 is 23.9 Å². The number of aromatic nitrogens is 2. The van der Waals surface area contributed by atoms with Crippen molar-refractivity contribution >= 4 is 40.9 Å². The van der Waals surface area contributed by atoms with E-state index in [1.54, 1.807) is 24.4 Å². The summed E-state index contributed by atoms with van der Waals surface area (Å²) >= 11 is 1.53. The third-order valence-corrected chi connectivity index (χ3v) is 5.34. The van der Waals surface area contributed by atoms with Crippen LogP contribution >= 0.6 is 11.3 Å². The Morgan fingerprint density at radius 2 is 1.94 bits per heavy atom. The van der Waals surface area contributed by atoms with Crippen molar-refractivity contribution in [2.24, 2.45) is 5.73 Å². The first kappa shape index (κ1) is 22.0. The van der Waals surface area contributed by atoms with Gasteiger partial charge in [-0.2, -0.15) is 0 Å². The lowest BCUT2D eigenvalue weighted by molar-refractivity contribution is -0.148. The van der Waals surface area contributed by atoms with Gasteiger partial charge in [0.05, 0.1) is 0 Å². The van der Waals surface area contributed by atoms with E-state index in [4.69, 9.17) is 10.5 Å². The van der Waals surface area contributed by atoms with Crippen molar-refractivity contribution in [3.8, 4) is 5.13 Å². The largest absolute Gasteiger partial charge is 0.449 e. The van der Waals surface area contributed by atoms with Crippen LogP contribution in [0.3, 0.4) is 0 Å². The Morgan fingerprint density at radius 3 is 2.55 bits per heavy atom. The molecule has 0 aliphatic carbocycles. The van der Waals surface area contributed by atoms with Crippen LogP contribution in [-0.4, -0.2) is 33.4 Å². The number of ether oxygens (including phenoxy) is 1. The van der Waals surface area contributed by atoms with Crippen LogP contribution < -0.4 is 11.1 Å². The van der Waals surface area contributed by atoms with Crippen molar-refractivity contribution in [3.05, 3.63) is 70.5 Å². The molecule has 0 fully saturated rings. The molecule has 1 aromatic carbocycles. The summed E-state index contributed by atoms with van der Waals surface area (Å²) in [4.78, 5) is 39.9. The Labute approximate surface area is 183 Å². The predicted octanol–water partition coefficient (Wildman–Crippen LogP) is 3.23. The van der Waals surface area contributed by atoms with E-state index in [1.165, 1.54) is 36.5 Å². The average Bonchev–Trinajstić information content (AvgIpc) is 3.34. The van der Waals surface area contributed by atoms with E-state index >= 15 is 0 Å². The second-order valence-electron chi connectivity index (χ2n) is 6.82. The number of hydrogen-bond donors (Lipinski definition) is 2. The molecule has 31 heavy (non-hydrogen) atoms. The van der Waals surface area contributed by atoms with Gasteiger partial charge in [0, 0.05) is 40.3 Å². The molecule has 0 aliphatic heterocycles. The Bertz CT molecular complexity index is 1130. The zero-order chi connectivity index (χ0) is 22.5. The smallest absolute Gasteiger partial charge is 0.331 e. The third-order valence-electron chi connectivity index (χ3n) is 4.58. The third kappa shape index (κ3) is 5.26. The van der Waals surface area contributed by atoms with Gasteiger partial charge in [-0.15, -0.1) is 11.3 Å². The highest BCUT2D eigenvalue weighted by Crippen LogP contribution is 2.23. The van der Waals surface area contributed by atoms with Crippen LogP contribution in [-0.2, 0) is 14.3 Å². The lowest BCUT2D eigenvalue weighted by atomic mass is 10.2. The lowest BCUT2D eigenvalue weighted by Crippen LogP contribution is -2.29. The van der Waals surface area contributed by atoms with Gasteiger partial charge >= 0.3 is 5.97 Å². The van der Waals surface area contributed by atoms with Gasteiger partial charge in [-0.05, 0) is 62.7 Å². The number of nitrogens with one attached hydrogen (secondary N) is 1. The van der Waals surface area contributed by atoms with Gasteiger partial charge in [0.15, 0.2) is 11.2 Å². The van der Waals surface area contributed by atoms with Gasteiger partial charge in [-0.3, -0.25) is 14.2 Å². The number of hydrogen-bond acceptors (Lipinski definition) is 6. The minimum atomic E-state index is -1.00. The van der Waals surface area contributed by atoms with Crippen LogP contribution in [0.4, 0.5) is 5.69 Å². The highest BCUT2D eigenvalue weighted by atomic mass is 32.1. The Morgan fingerprint density at radius 1 is 1.23 bits per heavy atom. The molecule has 2 heterocycles. The van der Waals surface area contributed by atoms with Crippen molar-refractivity contribution in [1.29, 1.82) is 0 Å². The van der Waals surface area contributed by atoms with Crippen molar-refractivity contribution in [2.75, 3.05) is 5.32 Å². The fourth-order valence-corrected chi connectivity index (χ4v) is 3.72. The maximum atomic E-state index is 12.3. The molecule has 0 bridgehead atoms. The average molecular weight is 439 g/mol. The zero-order valence-corrected chi connectivity index (χ0v) is 18.1. The van der Waals surface area contributed by atoms with E-state index in [0.717, 1.165) is 22.1 Å². The summed E-state index contributed by atoms with van der Waals surface area (Å²) in [5.41, 5.74) is 8.78. The lowest BCUT2D eigenvalue weighted by Gasteiger charge is -2.12. The summed E-state index contributed by atoms with van der Waals surface area (Å²) < 4.78 is 7.20. The van der Waals surface area contributed by atoms with E-state index in [0.29, 0.717) is 11.3 Å². The molecule has 0 saturated heterocycles. The van der Waals surface area contributed by atoms with Crippen LogP contribution in [0.2, 0.25) is 0 Å². The van der Waals surface area contributed by atoms with Crippen LogP contribution in [0.25, 0.3) is 11.2 Å². The molecule has 3 N–H and O–H groups in total. The second-order valence-corrected chi connectivity index (χ2v) is 7.69. The summed E-state index contributed by atoms with van der Waals surface area (Å²) in [7, 11) is 0. The van der Waals surface area contributed by atoms with Gasteiger partial charge in [-0.25, -0.2) is 9.78 Å². The first-order chi connectivity index (χ1) is 14.8. The van der Waals surface area contributed by atoms with E-state index in [9.17, 15) is 14.4 Å². The van der Waals surface area contributed by atoms with Crippen molar-refractivity contribution in [2.45, 2.75) is 26.9 Å². The maximum absolute atomic E-state index is 12.3. The Balaban J connectivity index is 1.60. The normalized spacial score (nSPS) is 12.0. The SMILES string of the molecule is Cc1cc(/C=C/C(=O)OC(C)C(=O)Nc2ccc(C(N)=O)cc2)c(C)n1-c1nccs1. The van der Waals surface area contributed by atoms with Crippen molar-refractivity contribution in [1.82, 2.24) is 9.55 Å². The number of esters is 1. The Hall–Kier alpha value is -3.72. The van der Waals surface area contributed by atoms with Crippen molar-refractivity contribution < 1.29 is 19.1 Å². The number of anilines is 1. The molecule has 0 spiro atoms. The summed E-state index contributed by atoms with van der Waals surface area (Å²) in [6, 6.07) is 8.04. The van der Waals surface area contributed by atoms with E-state index in [-0.39, 0.29) is 0 Å². The van der Waals surface area contributed by atoms with Gasteiger partial charge < -0.3 is 15.8 Å². The second kappa shape index (κ2) is 9.40. The molecule has 3 rings (SSSR count). The topological polar surface area (TPSA) is 116 Å². The first-order valence-corrected chi connectivity index (χ1v) is 10.3. The minimum Gasteiger partial charge on any atom is -0.449 e. The standard InChI is InChI=1S/C22H22N4O4S/c1-13-12-17(14(2)26(13)22-24-10-11-31-22)6-9-19(27)30-15(3)21(29)25-18-7-4-16(5-8-18)20(23)28/h4-12,15H,1-3H3,(H2,23,28)(H,25,29)/b9-6+. The summed E-state index contributed by atoms with van der Waals surface area (Å²) in [5, 5.41) is 5.38. The maximum Gasteiger partial charge on any atom is 0.331 e. The summed E-state index contributed by atoms with van der Waals surface area (Å²) in [6.07, 6.45) is 3.68. The summed E-state index contributed by atoms with van der Waals surface area (Å²) in [5.74, 6) is -1.68. The van der Waals surface area contributed by atoms with Gasteiger partial charge in [-0.1, -0.05) is 0 Å². The molecule has 1 unspecified atom stereocenters. The highest BCUT2D eigenvalue weighted by Gasteiger charge is 2.17. The molecule has 0 aliphatic rings. The molecule has 0 radical (unpaired) electrons. The van der Waals surface area contributed by atoms with Crippen LogP contribution in [0, 0.1) is 13.8 Å². The van der Waals surface area contributed by atoms with E-state index in [1.807, 2.05) is 29.9 Å². The molecular weight excluding hydrogens is 416 g/mol. The molecule has 9 heteroatoms. The molecule has 3 aromatic rings. The number of benzene rings is 1. The highest BCUT2D eigenvalue weighted by molar-refractivity contribution is 7.12. The van der Waals surface area contributed by atoms with Gasteiger partial charge in [0.1, 0.15) is 0 Å². The summed E-state index contributed by atoms with van der Waals surface area (Å²) in [6.45, 7) is 5.39. The Kier molecular flexibility index (Phi) is 6.66. The number of aryl methyl sites for hydroxylation is 1. The molecule has 160 valence electrons. The predicted molar refractivity (Wildman–Crippen MR) is 119 cm³/mol. The minimum absolute atomic E-state index is 0.330. The van der Waals surface area contributed by atoms with Crippen LogP contribution in [0.15, 0.2) is 48.0 Å². The molecule has 2 amide bonds. The molecule has 0 saturated carbocycles. The van der Waals surface area contributed by atoms with E-state index in [2.05, 4.69) is 10.3 Å². The van der Waals surface area contributed by atoms with Crippen molar-refractivity contribution in [3.63, 3.8) is 0 Å². The fourth-order valence-electron chi connectivity index (χ4n) is 2.96. The molecule has 8 nitrogen and oxygen atoms in total. The molecule has 2 aromatic heterocycles. The van der Waals surface area contributed by atoms with Gasteiger partial charge in [0.2, 0.25) is 5.91 Å². The number of amides is 2. The number of rotatable bonds is 7. The number of nitrogens with zero attached hydrogens (tertiary/aromatic N) is 2. The quantitative estimate of drug-likeness (QED) is 0.434. The van der Waals surface area contributed by atoms with Gasteiger partial charge in [0.25, 0.3) is 5.91 Å². The van der Waals surface area contributed by atoms with Crippen LogP contribution in [0.5, 0.6) is 0 Å². The zero-order valence-electron chi connectivity index (χ0n) is 17.3. The molecule has 1 atom stereocenters. The number of carbonyl (C=O) groups is 3.